The van der Waals surface area contributed by atoms with Crippen LogP contribution < -0.4 is 0 Å². The van der Waals surface area contributed by atoms with Gasteiger partial charge in [-0.25, -0.2) is 0 Å². The maximum absolute atomic E-state index is 10.3. The first-order valence-electron chi connectivity index (χ1n) is 8.59. The minimum Gasteiger partial charge on any atom is -0.414 e. The summed E-state index contributed by atoms with van der Waals surface area (Å²) in [6, 6.07) is 0. The summed E-state index contributed by atoms with van der Waals surface area (Å²) in [5.74, 6) is 3.98. The number of aliphatic hydroxyl groups excluding tert-OH is 1. The normalized spacial score (nSPS) is 35.7. The lowest BCUT2D eigenvalue weighted by atomic mass is 9.90. The number of hydrogen-bond donors (Lipinski definition) is 1. The molecule has 0 aliphatic carbocycles. The van der Waals surface area contributed by atoms with E-state index in [9.17, 15) is 5.11 Å². The van der Waals surface area contributed by atoms with Crippen LogP contribution in [0.25, 0.3) is 0 Å². The lowest BCUT2D eigenvalue weighted by molar-refractivity contribution is -0.211. The average Bonchev–Trinajstić information content (AvgIpc) is 2.95. The van der Waals surface area contributed by atoms with Gasteiger partial charge in [0.2, 0.25) is 0 Å². The molecule has 1 N–H and O–H groups in total. The Kier molecular flexibility index (Phi) is 5.22. The standard InChI is InChI=1S/C19H30O5Si/c1-10-14(20)19(11-2)16-15(23-18(6,7)24-16)13(22-19)12-21-25(8,9)17(3,4)5/h1-2,13-16,20H,12H2,3-9H3/t13-,14+,15-,16-,19+/m1/s1. The van der Waals surface area contributed by atoms with Crippen molar-refractivity contribution in [2.45, 2.75) is 88.6 Å². The molecule has 2 aliphatic heterocycles. The summed E-state index contributed by atoms with van der Waals surface area (Å²) in [7, 11) is -1.97. The Balaban J connectivity index is 2.26. The molecular weight excluding hydrogens is 336 g/mol. The van der Waals surface area contributed by atoms with E-state index in [2.05, 4.69) is 45.7 Å². The zero-order valence-corrected chi connectivity index (χ0v) is 17.3. The largest absolute Gasteiger partial charge is 0.414 e. The van der Waals surface area contributed by atoms with Gasteiger partial charge in [0.25, 0.3) is 0 Å². The number of fused-ring (bicyclic) bond motifs is 1. The Bertz CT molecular complexity index is 594. The van der Waals surface area contributed by atoms with Gasteiger partial charge < -0.3 is 23.7 Å². The minimum absolute atomic E-state index is 0.0683. The summed E-state index contributed by atoms with van der Waals surface area (Å²) in [5.41, 5.74) is -1.44. The molecule has 0 bridgehead atoms. The highest BCUT2D eigenvalue weighted by atomic mass is 28.4. The van der Waals surface area contributed by atoms with Crippen molar-refractivity contribution in [1.29, 1.82) is 0 Å². The van der Waals surface area contributed by atoms with E-state index in [0.717, 1.165) is 0 Å². The van der Waals surface area contributed by atoms with Crippen LogP contribution in [0.1, 0.15) is 34.6 Å². The minimum atomic E-state index is -1.97. The van der Waals surface area contributed by atoms with Gasteiger partial charge in [-0.15, -0.1) is 12.8 Å². The molecule has 2 fully saturated rings. The number of hydrogen-bond acceptors (Lipinski definition) is 5. The molecule has 2 heterocycles. The van der Waals surface area contributed by atoms with E-state index >= 15 is 0 Å². The lowest BCUT2D eigenvalue weighted by Crippen LogP contribution is -2.51. The second kappa shape index (κ2) is 6.39. The third-order valence-electron chi connectivity index (χ3n) is 5.47. The summed E-state index contributed by atoms with van der Waals surface area (Å²) in [5, 5.41) is 10.4. The monoisotopic (exact) mass is 366 g/mol. The van der Waals surface area contributed by atoms with Crippen LogP contribution in [0.2, 0.25) is 18.1 Å². The van der Waals surface area contributed by atoms with Gasteiger partial charge in [0.1, 0.15) is 18.3 Å². The fraction of sp³-hybridized carbons (Fsp3) is 0.789. The van der Waals surface area contributed by atoms with Crippen LogP contribution >= 0.6 is 0 Å². The van der Waals surface area contributed by atoms with Crippen molar-refractivity contribution in [2.24, 2.45) is 0 Å². The summed E-state index contributed by atoms with van der Waals surface area (Å²) < 4.78 is 24.3. The maximum atomic E-state index is 10.3. The van der Waals surface area contributed by atoms with Crippen molar-refractivity contribution in [3.05, 3.63) is 0 Å². The first-order chi connectivity index (χ1) is 11.3. The third-order valence-corrected chi connectivity index (χ3v) is 9.97. The molecule has 0 unspecified atom stereocenters. The van der Waals surface area contributed by atoms with Gasteiger partial charge in [0.15, 0.2) is 25.8 Å². The molecule has 0 saturated carbocycles. The van der Waals surface area contributed by atoms with Gasteiger partial charge in [-0.1, -0.05) is 32.6 Å². The van der Waals surface area contributed by atoms with Crippen LogP contribution in [-0.4, -0.2) is 55.8 Å². The molecule has 0 aromatic carbocycles. The number of ether oxygens (including phenoxy) is 3. The predicted molar refractivity (Wildman–Crippen MR) is 98.3 cm³/mol. The molecule has 2 rings (SSSR count). The second-order valence-corrected chi connectivity index (χ2v) is 13.6. The van der Waals surface area contributed by atoms with Gasteiger partial charge in [-0.3, -0.25) is 0 Å². The molecule has 2 saturated heterocycles. The second-order valence-electron chi connectivity index (χ2n) is 8.76. The van der Waals surface area contributed by atoms with Crippen molar-refractivity contribution in [1.82, 2.24) is 0 Å². The molecule has 25 heavy (non-hydrogen) atoms. The Labute approximate surface area is 152 Å². The van der Waals surface area contributed by atoms with Crippen LogP contribution in [0.15, 0.2) is 0 Å². The van der Waals surface area contributed by atoms with Gasteiger partial charge in [-0.2, -0.15) is 0 Å². The van der Waals surface area contributed by atoms with E-state index in [0.29, 0.717) is 6.61 Å². The fourth-order valence-electron chi connectivity index (χ4n) is 2.95. The highest BCUT2D eigenvalue weighted by Gasteiger charge is 2.65. The Hall–Kier alpha value is -0.863. The van der Waals surface area contributed by atoms with Crippen LogP contribution in [0.3, 0.4) is 0 Å². The van der Waals surface area contributed by atoms with Gasteiger partial charge in [0, 0.05) is 0 Å². The Morgan fingerprint density at radius 2 is 1.80 bits per heavy atom. The number of rotatable bonds is 4. The zero-order chi connectivity index (χ0) is 19.3. The van der Waals surface area contributed by atoms with Gasteiger partial charge in [-0.05, 0) is 32.0 Å². The van der Waals surface area contributed by atoms with Crippen molar-refractivity contribution >= 4 is 8.32 Å². The molecule has 0 spiro atoms. The van der Waals surface area contributed by atoms with E-state index in [1.165, 1.54) is 0 Å². The van der Waals surface area contributed by atoms with E-state index in [-0.39, 0.29) is 5.04 Å². The number of terminal acetylenes is 2. The quantitative estimate of drug-likeness (QED) is 0.611. The Morgan fingerprint density at radius 1 is 1.20 bits per heavy atom. The zero-order valence-electron chi connectivity index (χ0n) is 16.3. The molecule has 0 aromatic rings. The number of aliphatic hydroxyl groups is 1. The molecule has 0 radical (unpaired) electrons. The smallest absolute Gasteiger partial charge is 0.194 e. The molecule has 5 nitrogen and oxygen atoms in total. The molecule has 140 valence electrons. The van der Waals surface area contributed by atoms with E-state index < -0.39 is 44.1 Å². The molecule has 0 amide bonds. The topological polar surface area (TPSA) is 57.2 Å². The van der Waals surface area contributed by atoms with Crippen LogP contribution in [0.4, 0.5) is 0 Å². The SMILES string of the molecule is C#C[C@H](O)[C@]1(C#C)O[C@H](CO[Si](C)(C)C(C)(C)C)[C@H]2OC(C)(C)O[C@H]21. The van der Waals surface area contributed by atoms with E-state index in [1.54, 1.807) is 13.8 Å². The highest BCUT2D eigenvalue weighted by molar-refractivity contribution is 6.74. The molecule has 2 aliphatic rings. The third kappa shape index (κ3) is 3.53. The summed E-state index contributed by atoms with van der Waals surface area (Å²) in [4.78, 5) is 0. The maximum Gasteiger partial charge on any atom is 0.194 e. The Morgan fingerprint density at radius 3 is 2.28 bits per heavy atom. The van der Waals surface area contributed by atoms with E-state index in [4.69, 9.17) is 31.5 Å². The highest BCUT2D eigenvalue weighted by Crippen LogP contribution is 2.46. The first-order valence-corrected chi connectivity index (χ1v) is 11.5. The molecular formula is C19H30O5Si. The molecule has 0 aromatic heterocycles. The summed E-state index contributed by atoms with van der Waals surface area (Å²) >= 11 is 0. The van der Waals surface area contributed by atoms with Crippen molar-refractivity contribution in [3.8, 4) is 24.7 Å². The fourth-order valence-corrected chi connectivity index (χ4v) is 3.97. The van der Waals surface area contributed by atoms with Crippen molar-refractivity contribution < 1.29 is 23.7 Å². The first kappa shape index (κ1) is 20.4. The van der Waals surface area contributed by atoms with E-state index in [1.807, 2.05) is 0 Å². The van der Waals surface area contributed by atoms with Crippen LogP contribution in [0.5, 0.6) is 0 Å². The van der Waals surface area contributed by atoms with Crippen molar-refractivity contribution in [3.63, 3.8) is 0 Å². The van der Waals surface area contributed by atoms with Gasteiger partial charge >= 0.3 is 0 Å². The lowest BCUT2D eigenvalue weighted by Gasteiger charge is -2.37. The summed E-state index contributed by atoms with van der Waals surface area (Å²) in [6.07, 6.45) is 8.28. The molecule has 5 atom stereocenters. The molecule has 6 heteroatoms. The van der Waals surface area contributed by atoms with Crippen LogP contribution in [0, 0.1) is 24.7 Å². The van der Waals surface area contributed by atoms with Gasteiger partial charge in [0.05, 0.1) is 6.61 Å². The van der Waals surface area contributed by atoms with Crippen LogP contribution in [-0.2, 0) is 18.6 Å². The predicted octanol–water partition coefficient (Wildman–Crippen LogP) is 2.29. The average molecular weight is 367 g/mol. The summed E-state index contributed by atoms with van der Waals surface area (Å²) in [6.45, 7) is 14.8. The van der Waals surface area contributed by atoms with Crippen molar-refractivity contribution in [2.75, 3.05) is 6.61 Å².